The highest BCUT2D eigenvalue weighted by molar-refractivity contribution is 9.10. The number of anilines is 2. The Bertz CT molecular complexity index is 643. The molecule has 6 heteroatoms. The van der Waals surface area contributed by atoms with Gasteiger partial charge < -0.3 is 11.1 Å². The highest BCUT2D eigenvalue weighted by Crippen LogP contribution is 2.22. The van der Waals surface area contributed by atoms with Gasteiger partial charge in [0.25, 0.3) is 0 Å². The second-order valence-corrected chi connectivity index (χ2v) is 5.52. The molecular weight excluding hydrogens is 324 g/mol. The van der Waals surface area contributed by atoms with E-state index >= 15 is 0 Å². The molecule has 0 radical (unpaired) electrons. The maximum Gasteiger partial charge on any atom is 0.228 e. The van der Waals surface area contributed by atoms with Crippen LogP contribution in [-0.4, -0.2) is 15.0 Å². The van der Waals surface area contributed by atoms with Crippen LogP contribution in [0.1, 0.15) is 17.0 Å². The monoisotopic (exact) mass is 336 g/mol. The highest BCUT2D eigenvalue weighted by atomic mass is 79.9. The lowest BCUT2D eigenvalue weighted by atomic mass is 10.2. The molecule has 0 aliphatic heterocycles. The Morgan fingerprint density at radius 2 is 2.00 bits per heavy atom. The topological polar surface area (TPSA) is 63.8 Å². The Hall–Kier alpha value is -1.53. The van der Waals surface area contributed by atoms with Crippen molar-refractivity contribution in [3.05, 3.63) is 45.7 Å². The van der Waals surface area contributed by atoms with Gasteiger partial charge >= 0.3 is 0 Å². The molecule has 0 unspecified atom stereocenters. The molecule has 3 N–H and O–H groups in total. The average molecular weight is 337 g/mol. The first-order valence-corrected chi connectivity index (χ1v) is 6.84. The molecule has 98 valence electrons. The number of hydrogen-bond acceptors (Lipinski definition) is 4. The molecule has 1 aromatic carbocycles. The predicted molar refractivity (Wildman–Crippen MR) is 84.8 cm³/mol. The zero-order valence-corrected chi connectivity index (χ0v) is 13.0. The van der Waals surface area contributed by atoms with E-state index in [9.17, 15) is 0 Å². The first kappa shape index (κ1) is 13.9. The zero-order chi connectivity index (χ0) is 14.0. The molecule has 2 aromatic rings. The van der Waals surface area contributed by atoms with Crippen molar-refractivity contribution in [1.82, 2.24) is 9.97 Å². The summed E-state index contributed by atoms with van der Waals surface area (Å²) in [6.07, 6.45) is 0. The number of nitrogens with two attached hydrogens (primary N) is 1. The second kappa shape index (κ2) is 5.63. The Morgan fingerprint density at radius 1 is 1.26 bits per heavy atom. The van der Waals surface area contributed by atoms with E-state index in [4.69, 9.17) is 18.0 Å². The maximum absolute atomic E-state index is 5.60. The van der Waals surface area contributed by atoms with Gasteiger partial charge in [-0.1, -0.05) is 28.1 Å². The Labute approximate surface area is 125 Å². The van der Waals surface area contributed by atoms with Crippen molar-refractivity contribution in [2.24, 2.45) is 5.73 Å². The molecule has 0 aliphatic rings. The van der Waals surface area contributed by atoms with E-state index in [1.807, 2.05) is 32.0 Å². The van der Waals surface area contributed by atoms with Crippen molar-refractivity contribution in [3.63, 3.8) is 0 Å². The average Bonchev–Trinajstić information content (AvgIpc) is 2.32. The van der Waals surface area contributed by atoms with Crippen LogP contribution in [0.25, 0.3) is 0 Å². The SMILES string of the molecule is Cc1cc(C(N)=S)nc(Nc2ccc(Br)cc2C)n1. The summed E-state index contributed by atoms with van der Waals surface area (Å²) in [7, 11) is 0. The van der Waals surface area contributed by atoms with Crippen molar-refractivity contribution in [2.75, 3.05) is 5.32 Å². The number of benzene rings is 1. The van der Waals surface area contributed by atoms with Crippen molar-refractivity contribution in [2.45, 2.75) is 13.8 Å². The quantitative estimate of drug-likeness (QED) is 0.842. The van der Waals surface area contributed by atoms with Crippen LogP contribution in [-0.2, 0) is 0 Å². The summed E-state index contributed by atoms with van der Waals surface area (Å²) in [6, 6.07) is 7.71. The van der Waals surface area contributed by atoms with Gasteiger partial charge in [0.1, 0.15) is 10.7 Å². The molecule has 1 heterocycles. The van der Waals surface area contributed by atoms with Crippen molar-refractivity contribution in [1.29, 1.82) is 0 Å². The largest absolute Gasteiger partial charge is 0.388 e. The number of halogens is 1. The van der Waals surface area contributed by atoms with Crippen LogP contribution in [0.15, 0.2) is 28.7 Å². The minimum Gasteiger partial charge on any atom is -0.388 e. The fourth-order valence-electron chi connectivity index (χ4n) is 1.64. The van der Waals surface area contributed by atoms with Crippen molar-refractivity contribution in [3.8, 4) is 0 Å². The zero-order valence-electron chi connectivity index (χ0n) is 10.6. The molecule has 0 bridgehead atoms. The summed E-state index contributed by atoms with van der Waals surface area (Å²) in [6.45, 7) is 3.89. The van der Waals surface area contributed by atoms with Crippen LogP contribution in [0.2, 0.25) is 0 Å². The first-order chi connectivity index (χ1) is 8.95. The summed E-state index contributed by atoms with van der Waals surface area (Å²) in [4.78, 5) is 8.88. The number of nitrogens with one attached hydrogen (secondary N) is 1. The predicted octanol–water partition coefficient (Wildman–Crippen LogP) is 3.23. The molecule has 0 amide bonds. The molecule has 19 heavy (non-hydrogen) atoms. The van der Waals surface area contributed by atoms with Gasteiger partial charge in [-0.2, -0.15) is 0 Å². The standard InChI is InChI=1S/C13H13BrN4S/c1-7-5-9(14)3-4-10(7)17-13-16-8(2)6-11(18-13)12(15)19/h3-6H,1-2H3,(H2,15,19)(H,16,17,18). The molecule has 1 aromatic heterocycles. The van der Waals surface area contributed by atoms with Gasteiger partial charge in [-0.15, -0.1) is 0 Å². The van der Waals surface area contributed by atoms with Crippen molar-refractivity contribution >= 4 is 44.8 Å². The third-order valence-corrected chi connectivity index (χ3v) is 3.24. The van der Waals surface area contributed by atoms with Gasteiger partial charge in [0.05, 0.1) is 0 Å². The Balaban J connectivity index is 2.35. The van der Waals surface area contributed by atoms with Gasteiger partial charge in [-0.3, -0.25) is 0 Å². The number of aromatic nitrogens is 2. The maximum atomic E-state index is 5.60. The molecule has 0 spiro atoms. The Kier molecular flexibility index (Phi) is 4.11. The summed E-state index contributed by atoms with van der Waals surface area (Å²) in [5.41, 5.74) is 9.03. The first-order valence-electron chi connectivity index (χ1n) is 5.64. The number of hydrogen-bond donors (Lipinski definition) is 2. The van der Waals surface area contributed by atoms with Crippen LogP contribution < -0.4 is 11.1 Å². The number of thiocarbonyl (C=S) groups is 1. The molecule has 0 atom stereocenters. The fraction of sp³-hybridized carbons (Fsp3) is 0.154. The normalized spacial score (nSPS) is 10.3. The molecule has 2 rings (SSSR count). The number of nitrogens with zero attached hydrogens (tertiary/aromatic N) is 2. The summed E-state index contributed by atoms with van der Waals surface area (Å²) in [5.74, 6) is 0.494. The fourth-order valence-corrected chi connectivity index (χ4v) is 2.22. The lowest BCUT2D eigenvalue weighted by molar-refractivity contribution is 1.09. The lowest BCUT2D eigenvalue weighted by Gasteiger charge is -2.10. The molecule has 0 saturated heterocycles. The molecular formula is C13H13BrN4S. The van der Waals surface area contributed by atoms with Crippen LogP contribution in [0, 0.1) is 13.8 Å². The van der Waals surface area contributed by atoms with E-state index in [2.05, 4.69) is 31.2 Å². The summed E-state index contributed by atoms with van der Waals surface area (Å²) < 4.78 is 1.03. The minimum absolute atomic E-state index is 0.265. The third kappa shape index (κ3) is 3.48. The van der Waals surface area contributed by atoms with E-state index in [0.29, 0.717) is 11.6 Å². The minimum atomic E-state index is 0.265. The number of rotatable bonds is 3. The van der Waals surface area contributed by atoms with E-state index in [0.717, 1.165) is 21.4 Å². The summed E-state index contributed by atoms with van der Waals surface area (Å²) in [5, 5.41) is 3.18. The molecule has 0 aliphatic carbocycles. The van der Waals surface area contributed by atoms with E-state index in [-0.39, 0.29) is 4.99 Å². The lowest BCUT2D eigenvalue weighted by Crippen LogP contribution is -2.14. The third-order valence-electron chi connectivity index (χ3n) is 2.54. The van der Waals surface area contributed by atoms with Gasteiger partial charge in [0.15, 0.2) is 0 Å². The van der Waals surface area contributed by atoms with Crippen molar-refractivity contribution < 1.29 is 0 Å². The second-order valence-electron chi connectivity index (χ2n) is 4.17. The van der Waals surface area contributed by atoms with Crippen LogP contribution in [0.3, 0.4) is 0 Å². The van der Waals surface area contributed by atoms with Gasteiger partial charge in [0, 0.05) is 15.9 Å². The van der Waals surface area contributed by atoms with Crippen LogP contribution in [0.4, 0.5) is 11.6 Å². The number of aryl methyl sites for hydroxylation is 2. The van der Waals surface area contributed by atoms with E-state index in [1.165, 1.54) is 0 Å². The van der Waals surface area contributed by atoms with Crippen LogP contribution in [0.5, 0.6) is 0 Å². The highest BCUT2D eigenvalue weighted by Gasteiger charge is 2.06. The van der Waals surface area contributed by atoms with Gasteiger partial charge in [-0.25, -0.2) is 9.97 Å². The Morgan fingerprint density at radius 3 is 2.63 bits per heavy atom. The van der Waals surface area contributed by atoms with Gasteiger partial charge in [-0.05, 0) is 43.7 Å². The smallest absolute Gasteiger partial charge is 0.228 e. The van der Waals surface area contributed by atoms with Gasteiger partial charge in [0.2, 0.25) is 5.95 Å². The van der Waals surface area contributed by atoms with Crippen LogP contribution >= 0.6 is 28.1 Å². The molecule has 0 fully saturated rings. The van der Waals surface area contributed by atoms with E-state index in [1.54, 1.807) is 6.07 Å². The molecule has 4 nitrogen and oxygen atoms in total. The molecule has 0 saturated carbocycles. The van der Waals surface area contributed by atoms with E-state index < -0.39 is 0 Å². The summed E-state index contributed by atoms with van der Waals surface area (Å²) >= 11 is 8.37.